The maximum Gasteiger partial charge on any atom is 0.270 e. The van der Waals surface area contributed by atoms with E-state index in [-0.39, 0.29) is 17.4 Å². The van der Waals surface area contributed by atoms with Crippen LogP contribution in [0.4, 0.5) is 5.69 Å². The van der Waals surface area contributed by atoms with Crippen LogP contribution in [0.1, 0.15) is 48.0 Å². The highest BCUT2D eigenvalue weighted by Gasteiger charge is 2.21. The molecule has 1 aliphatic carbocycles. The van der Waals surface area contributed by atoms with E-state index in [0.29, 0.717) is 15.6 Å². The quantitative estimate of drug-likeness (QED) is 0.365. The average molecular weight is 472 g/mol. The van der Waals surface area contributed by atoms with Crippen LogP contribution < -0.4 is 10.6 Å². The van der Waals surface area contributed by atoms with Crippen molar-refractivity contribution in [2.24, 2.45) is 0 Å². The van der Waals surface area contributed by atoms with Gasteiger partial charge in [-0.1, -0.05) is 43.5 Å². The molecule has 2 aromatic rings. The summed E-state index contributed by atoms with van der Waals surface area (Å²) in [5.74, 6) is -0.855. The maximum atomic E-state index is 12.9. The van der Waals surface area contributed by atoms with Crippen LogP contribution in [0, 0.1) is 10.1 Å². The van der Waals surface area contributed by atoms with Crippen molar-refractivity contribution in [3.63, 3.8) is 0 Å². The molecule has 1 saturated carbocycles. The number of carbonyl (C=O) groups excluding carboxylic acids is 2. The van der Waals surface area contributed by atoms with Gasteiger partial charge in [0.25, 0.3) is 17.5 Å². The first-order valence-corrected chi connectivity index (χ1v) is 10.6. The van der Waals surface area contributed by atoms with Crippen molar-refractivity contribution in [1.82, 2.24) is 10.6 Å². The molecule has 0 saturated heterocycles. The van der Waals surface area contributed by atoms with Gasteiger partial charge in [0.2, 0.25) is 0 Å². The lowest BCUT2D eigenvalue weighted by Gasteiger charge is -2.23. The van der Waals surface area contributed by atoms with Crippen LogP contribution in [-0.2, 0) is 4.79 Å². The molecule has 0 atom stereocenters. The number of nitrogens with one attached hydrogen (secondary N) is 2. The van der Waals surface area contributed by atoms with E-state index in [2.05, 4.69) is 26.6 Å². The van der Waals surface area contributed by atoms with Gasteiger partial charge in [-0.15, -0.1) is 0 Å². The number of amides is 2. The fourth-order valence-corrected chi connectivity index (χ4v) is 3.86. The summed E-state index contributed by atoms with van der Waals surface area (Å²) in [7, 11) is 0. The third-order valence-electron chi connectivity index (χ3n) is 4.94. The maximum absolute atomic E-state index is 12.9. The zero-order valence-corrected chi connectivity index (χ0v) is 17.9. The smallest absolute Gasteiger partial charge is 0.270 e. The Balaban J connectivity index is 1.88. The number of hydrogen-bond acceptors (Lipinski definition) is 4. The number of nitro benzene ring substituents is 1. The van der Waals surface area contributed by atoms with Crippen LogP contribution in [0.15, 0.2) is 58.7 Å². The number of nitro groups is 1. The number of halogens is 1. The number of rotatable bonds is 6. The highest BCUT2D eigenvalue weighted by atomic mass is 79.9. The molecular formula is C22H22BrN3O4. The molecule has 1 aliphatic rings. The molecule has 156 valence electrons. The van der Waals surface area contributed by atoms with Crippen molar-refractivity contribution in [1.29, 1.82) is 0 Å². The number of carbonyl (C=O) groups is 2. The van der Waals surface area contributed by atoms with Gasteiger partial charge in [0.05, 0.1) is 10.5 Å². The van der Waals surface area contributed by atoms with E-state index in [1.165, 1.54) is 24.3 Å². The summed E-state index contributed by atoms with van der Waals surface area (Å²) in [6.45, 7) is 0. The molecule has 2 N–H and O–H groups in total. The van der Waals surface area contributed by atoms with E-state index in [0.717, 1.165) is 32.1 Å². The van der Waals surface area contributed by atoms with Gasteiger partial charge >= 0.3 is 0 Å². The minimum absolute atomic E-state index is 0.0434. The van der Waals surface area contributed by atoms with Crippen LogP contribution in [0.25, 0.3) is 6.08 Å². The molecule has 30 heavy (non-hydrogen) atoms. The summed E-state index contributed by atoms with van der Waals surface area (Å²) in [6.07, 6.45) is 6.51. The monoisotopic (exact) mass is 471 g/mol. The Bertz CT molecular complexity index is 984. The molecule has 0 bridgehead atoms. The number of non-ortho nitro benzene ring substituents is 1. The fraction of sp³-hybridized carbons (Fsp3) is 0.273. The van der Waals surface area contributed by atoms with E-state index in [4.69, 9.17) is 0 Å². The van der Waals surface area contributed by atoms with Crippen molar-refractivity contribution < 1.29 is 14.5 Å². The molecule has 0 spiro atoms. The van der Waals surface area contributed by atoms with Gasteiger partial charge < -0.3 is 10.6 Å². The van der Waals surface area contributed by atoms with Gasteiger partial charge in [0.15, 0.2) is 0 Å². The van der Waals surface area contributed by atoms with Gasteiger partial charge in [-0.25, -0.2) is 0 Å². The molecule has 0 aromatic heterocycles. The van der Waals surface area contributed by atoms with Gasteiger partial charge in [0, 0.05) is 22.6 Å². The summed E-state index contributed by atoms with van der Waals surface area (Å²) in [5, 5.41) is 16.7. The molecule has 0 radical (unpaired) electrons. The van der Waals surface area contributed by atoms with Crippen LogP contribution in [0.2, 0.25) is 0 Å². The van der Waals surface area contributed by atoms with Gasteiger partial charge in [-0.2, -0.15) is 0 Å². The van der Waals surface area contributed by atoms with Gasteiger partial charge in [-0.3, -0.25) is 19.7 Å². The molecule has 2 aromatic carbocycles. The third-order valence-corrected chi connectivity index (χ3v) is 5.64. The van der Waals surface area contributed by atoms with Crippen molar-refractivity contribution >= 4 is 39.5 Å². The summed E-state index contributed by atoms with van der Waals surface area (Å²) in [4.78, 5) is 36.3. The van der Waals surface area contributed by atoms with Crippen LogP contribution in [-0.4, -0.2) is 22.8 Å². The largest absolute Gasteiger partial charge is 0.348 e. The summed E-state index contributed by atoms with van der Waals surface area (Å²) in [5.41, 5.74) is 0.785. The lowest BCUT2D eigenvalue weighted by molar-refractivity contribution is -0.384. The van der Waals surface area contributed by atoms with E-state index >= 15 is 0 Å². The Hall–Kier alpha value is -3.00. The standard InChI is InChI=1S/C22H22BrN3O4/c23-19-12-5-4-11-18(19)21(27)25-20(22(28)24-16-8-2-1-3-9-16)14-15-7-6-10-17(13-15)26(29)30/h4-7,10-14,16H,1-3,8-9H2,(H,24,28)(H,25,27)/b20-14+. The molecular weight excluding hydrogens is 450 g/mol. The Morgan fingerprint density at radius 3 is 2.50 bits per heavy atom. The number of benzene rings is 2. The predicted molar refractivity (Wildman–Crippen MR) is 118 cm³/mol. The molecule has 0 heterocycles. The molecule has 8 heteroatoms. The number of hydrogen-bond donors (Lipinski definition) is 2. The Morgan fingerprint density at radius 1 is 1.07 bits per heavy atom. The summed E-state index contributed by atoms with van der Waals surface area (Å²) >= 11 is 3.34. The zero-order chi connectivity index (χ0) is 21.5. The molecule has 0 unspecified atom stereocenters. The molecule has 3 rings (SSSR count). The topological polar surface area (TPSA) is 101 Å². The first kappa shape index (κ1) is 21.7. The zero-order valence-electron chi connectivity index (χ0n) is 16.3. The second-order valence-corrected chi connectivity index (χ2v) is 8.01. The van der Waals surface area contributed by atoms with Crippen LogP contribution >= 0.6 is 15.9 Å². The lowest BCUT2D eigenvalue weighted by atomic mass is 9.95. The highest BCUT2D eigenvalue weighted by molar-refractivity contribution is 9.10. The van der Waals surface area contributed by atoms with Crippen LogP contribution in [0.3, 0.4) is 0 Å². The first-order valence-electron chi connectivity index (χ1n) is 9.77. The van der Waals surface area contributed by atoms with Gasteiger partial charge in [-0.05, 0) is 52.5 Å². The van der Waals surface area contributed by atoms with Gasteiger partial charge in [0.1, 0.15) is 5.70 Å². The molecule has 0 aliphatic heterocycles. The Labute approximate surface area is 182 Å². The average Bonchev–Trinajstić information content (AvgIpc) is 2.74. The lowest BCUT2D eigenvalue weighted by Crippen LogP contribution is -2.41. The minimum atomic E-state index is -0.501. The van der Waals surface area contributed by atoms with Crippen molar-refractivity contribution in [3.05, 3.63) is 79.9 Å². The fourth-order valence-electron chi connectivity index (χ4n) is 3.40. The van der Waals surface area contributed by atoms with E-state index < -0.39 is 16.7 Å². The summed E-state index contributed by atoms with van der Waals surface area (Å²) in [6, 6.07) is 12.9. The Kier molecular flexibility index (Phi) is 7.35. The number of nitrogens with zero attached hydrogens (tertiary/aromatic N) is 1. The van der Waals surface area contributed by atoms with Crippen LogP contribution in [0.5, 0.6) is 0 Å². The Morgan fingerprint density at radius 2 is 1.80 bits per heavy atom. The third kappa shape index (κ3) is 5.76. The van der Waals surface area contributed by atoms with Crippen molar-refractivity contribution in [2.45, 2.75) is 38.1 Å². The van der Waals surface area contributed by atoms with E-state index in [9.17, 15) is 19.7 Å². The second kappa shape index (κ2) is 10.2. The minimum Gasteiger partial charge on any atom is -0.348 e. The highest BCUT2D eigenvalue weighted by Crippen LogP contribution is 2.20. The SMILES string of the molecule is O=C(NC1CCCCC1)/C(=C\c1cccc([N+](=O)[O-])c1)NC(=O)c1ccccc1Br. The van der Waals surface area contributed by atoms with Crippen molar-refractivity contribution in [3.8, 4) is 0 Å². The second-order valence-electron chi connectivity index (χ2n) is 7.15. The van der Waals surface area contributed by atoms with E-state index in [1.807, 2.05) is 0 Å². The molecule has 7 nitrogen and oxygen atoms in total. The molecule has 2 amide bonds. The van der Waals surface area contributed by atoms with Crippen molar-refractivity contribution in [2.75, 3.05) is 0 Å². The predicted octanol–water partition coefficient (Wildman–Crippen LogP) is 4.58. The van der Waals surface area contributed by atoms with E-state index in [1.54, 1.807) is 30.3 Å². The first-order chi connectivity index (χ1) is 14.4. The normalized spacial score (nSPS) is 14.8. The summed E-state index contributed by atoms with van der Waals surface area (Å²) < 4.78 is 0.602. The molecule has 1 fully saturated rings.